The normalized spacial score (nSPS) is 12.1. The molecule has 20 aromatic rings. The molecule has 1 aliphatic heterocycles. The Kier molecular flexibility index (Phi) is 35.2. The third kappa shape index (κ3) is 22.7. The van der Waals surface area contributed by atoms with Gasteiger partial charge in [-0.2, -0.15) is 0 Å². The molecule has 2 aliphatic carbocycles. The molecular weight excluding hydrogens is 2550 g/mol. The largest absolute Gasteiger partial charge is 0.512 e. The number of carbonyl (C=O) groups excluding carboxylic acids is 1. The number of aliphatic hydroxyl groups excluding tert-OH is 1. The van der Waals surface area contributed by atoms with Gasteiger partial charge in [0.05, 0.1) is 17.1 Å². The quantitative estimate of drug-likeness (QED) is 0.0863. The summed E-state index contributed by atoms with van der Waals surface area (Å²) in [6.45, 7) is 14.6. The smallest absolute Gasteiger partial charge is 0.155 e. The number of aromatic nitrogens is 5. The Bertz CT molecular complexity index is 7400. The van der Waals surface area contributed by atoms with Gasteiger partial charge in [0.2, 0.25) is 0 Å². The number of hydrogen-bond acceptors (Lipinski definition) is 9. The molecule has 6 heterocycles. The number of allylic oxidation sites excluding steroid dienone is 2. The molecule has 0 fully saturated rings. The van der Waals surface area contributed by atoms with Crippen molar-refractivity contribution in [2.24, 2.45) is 4.99 Å². The van der Waals surface area contributed by atoms with Crippen molar-refractivity contribution in [3.8, 4) is 67.4 Å². The fraction of sp³-hybridized carbons (Fsp3) is 0.0917. The average molecular weight is 2640 g/mol. The predicted octanol–water partition coefficient (Wildman–Crippen LogP) is 29.3. The van der Waals surface area contributed by atoms with Crippen molar-refractivity contribution >= 4 is 82.4 Å². The zero-order valence-corrected chi connectivity index (χ0v) is 87.0. The third-order valence-electron chi connectivity index (χ3n) is 23.6. The van der Waals surface area contributed by atoms with Gasteiger partial charge in [-0.05, 0) is 180 Å². The van der Waals surface area contributed by atoms with E-state index in [-0.39, 0.29) is 129 Å². The molecule has 1 N–H and O–H groups in total. The molecule has 5 aromatic heterocycles. The Labute approximate surface area is 857 Å². The number of pyridine rings is 5. The van der Waals surface area contributed by atoms with Gasteiger partial charge < -0.3 is 34.9 Å². The maximum absolute atomic E-state index is 14.5. The van der Waals surface area contributed by atoms with E-state index in [0.29, 0.717) is 5.56 Å². The van der Waals surface area contributed by atoms with Crippen LogP contribution in [0.25, 0.3) is 121 Å². The Morgan fingerprint density at radius 1 is 0.385 bits per heavy atom. The summed E-state index contributed by atoms with van der Waals surface area (Å²) in [5.41, 5.74) is 25.7. The van der Waals surface area contributed by atoms with E-state index >= 15 is 0 Å². The van der Waals surface area contributed by atoms with Crippen LogP contribution in [-0.2, 0) is 123 Å². The minimum atomic E-state index is -0.390. The number of aliphatic hydroxyl groups is 1. The summed E-state index contributed by atoms with van der Waals surface area (Å²) in [5, 5.41) is 20.3. The van der Waals surface area contributed by atoms with Crippen molar-refractivity contribution in [1.82, 2.24) is 24.9 Å². The summed E-state index contributed by atoms with van der Waals surface area (Å²) in [5.74, 6) is -0.244. The molecule has 0 unspecified atom stereocenters. The zero-order chi connectivity index (χ0) is 89.5. The molecular formula is C120H92FIr5N7O2-6. The topological polar surface area (TPSA) is 117 Å². The second kappa shape index (κ2) is 46.9. The number of carbonyl (C=O) groups is 1. The molecule has 0 saturated heterocycles. The van der Waals surface area contributed by atoms with Crippen LogP contribution in [0.4, 0.5) is 21.5 Å². The van der Waals surface area contributed by atoms with E-state index in [0.717, 1.165) is 109 Å². The van der Waals surface area contributed by atoms with Gasteiger partial charge >= 0.3 is 0 Å². The average Bonchev–Trinajstić information content (AvgIpc) is 1.67. The van der Waals surface area contributed by atoms with Crippen LogP contribution >= 0.6 is 0 Å². The second-order valence-electron chi connectivity index (χ2n) is 32.9. The van der Waals surface area contributed by atoms with Gasteiger partial charge in [0.15, 0.2) is 5.78 Å². The van der Waals surface area contributed by atoms with Gasteiger partial charge in [-0.1, -0.05) is 256 Å². The number of rotatable bonds is 9. The number of ketones is 1. The number of anilines is 3. The van der Waals surface area contributed by atoms with Gasteiger partial charge in [0, 0.05) is 166 Å². The standard InChI is InChI=1S/C31H21N2.C24H18N.C19H15FN.C15H12N.C15H10N.C11H8N.C5H8O2.5Ir/c1-3-16-27-23(10-1)12-8-19-30(27)33(31-20-9-13-24-11-2-4-17-28(24)31)26-15-7-14-25(22-26)29-18-5-6-21-32-29;1-24(2)21-10-6-5-9-19(21)20-15-17(11-12-22(20)24)23-18-8-4-3-7-16(18)13-14-25-23;1-11-7-8-14-16-12(11)9-10-21-18(16)13-5-4-6-15(20)17(13)19(14,2)3;2*1-2-7-13(8-3-1)15-14-9-5-4-6-12(14)10-11-16-15;1-2-6-10(7-3-1)11-8-4-5-9-12-11;1-4(6)3-5(2)7;;;;;/h1-13,15-22H;3-14H,1-2H3;4,6-10H,1-3H3;1-7,9H,10-11H2;1-7,9-11H;1-6,8-9H;3,6H,1-2H3;;;;;/q6*-1;;;;;;. The molecule has 5 radical (unpaired) electrons. The number of aryl methyl sites for hydroxylation is 1. The first-order valence-electron chi connectivity index (χ1n) is 43.5. The van der Waals surface area contributed by atoms with Gasteiger partial charge in [0.1, 0.15) is 0 Å². The molecule has 0 amide bonds. The maximum Gasteiger partial charge on any atom is 0.155 e. The molecule has 0 spiro atoms. The van der Waals surface area contributed by atoms with Gasteiger partial charge in [-0.3, -0.25) is 9.78 Å². The summed E-state index contributed by atoms with van der Waals surface area (Å²) in [6.07, 6.45) is 11.4. The van der Waals surface area contributed by atoms with Crippen LogP contribution in [0.3, 0.4) is 0 Å². The van der Waals surface area contributed by atoms with Crippen LogP contribution in [0.5, 0.6) is 0 Å². The number of aliphatic imine (C=N–C) groups is 1. The number of halogens is 1. The van der Waals surface area contributed by atoms with E-state index in [9.17, 15) is 9.18 Å². The zero-order valence-electron chi connectivity index (χ0n) is 75.0. The molecule has 9 nitrogen and oxygen atoms in total. The van der Waals surface area contributed by atoms with Crippen molar-refractivity contribution in [2.45, 2.75) is 65.7 Å². The van der Waals surface area contributed by atoms with E-state index in [2.05, 4.69) is 324 Å². The van der Waals surface area contributed by atoms with E-state index < -0.39 is 0 Å². The Balaban J connectivity index is 0.000000146. The van der Waals surface area contributed by atoms with Crippen LogP contribution in [0.1, 0.15) is 86.1 Å². The van der Waals surface area contributed by atoms with E-state index in [1.54, 1.807) is 18.5 Å². The number of fused-ring (bicyclic) bond motifs is 10. The first-order chi connectivity index (χ1) is 63.5. The van der Waals surface area contributed by atoms with Crippen LogP contribution in [0.2, 0.25) is 0 Å². The Morgan fingerprint density at radius 2 is 0.867 bits per heavy atom. The molecule has 135 heavy (non-hydrogen) atoms. The SMILES string of the molecule is CC(=O)C=C(C)O.CC1(C)c2ccc(-c3nccc4ccccc34)[c-]c2-c2ccccc21.Cc1ccc2c3c(nccc13)-c1[c-]ccc(F)c1C2(C)C.[Ir].[Ir].[Ir].[Ir].[Ir].[c-]1ccc(N(c2cccc3ccccc23)c2cccc3ccccc23)cc1-c1ccccn1.[c-]1ccccc1-c1ccccn1.[c-]1ccccc1-c1nccc2ccccc12.[c-]1ccccc1C1=NCCc2ccccc21. The summed E-state index contributed by atoms with van der Waals surface area (Å²) in [4.78, 5) is 39.4. The molecule has 15 heteroatoms. The van der Waals surface area contributed by atoms with Crippen molar-refractivity contribution in [3.05, 3.63) is 494 Å². The van der Waals surface area contributed by atoms with E-state index in [1.165, 1.54) is 113 Å². The monoisotopic (exact) mass is 2650 g/mol. The fourth-order valence-electron chi connectivity index (χ4n) is 17.5. The molecule has 23 rings (SSSR count). The van der Waals surface area contributed by atoms with Gasteiger partial charge in [-0.25, -0.2) is 4.39 Å². The van der Waals surface area contributed by atoms with Crippen molar-refractivity contribution in [2.75, 3.05) is 11.4 Å². The molecule has 15 aromatic carbocycles. The Morgan fingerprint density at radius 3 is 1.44 bits per heavy atom. The molecule has 0 saturated carbocycles. The second-order valence-corrected chi connectivity index (χ2v) is 32.9. The van der Waals surface area contributed by atoms with Crippen molar-refractivity contribution in [3.63, 3.8) is 0 Å². The number of nitrogens with zero attached hydrogens (tertiary/aromatic N) is 7. The maximum atomic E-state index is 14.5. The molecule has 3 aliphatic rings. The first-order valence-corrected chi connectivity index (χ1v) is 43.5. The number of hydrogen-bond donors (Lipinski definition) is 1. The van der Waals surface area contributed by atoms with Crippen LogP contribution in [0, 0.1) is 49.1 Å². The summed E-state index contributed by atoms with van der Waals surface area (Å²) >= 11 is 0. The minimum Gasteiger partial charge on any atom is -0.512 e. The number of benzene rings is 15. The van der Waals surface area contributed by atoms with Crippen LogP contribution in [0.15, 0.2) is 412 Å². The van der Waals surface area contributed by atoms with E-state index in [1.807, 2.05) is 152 Å². The van der Waals surface area contributed by atoms with Crippen molar-refractivity contribution < 1.29 is 115 Å². The van der Waals surface area contributed by atoms with E-state index in [4.69, 9.17) is 5.11 Å². The third-order valence-corrected chi connectivity index (χ3v) is 23.6. The van der Waals surface area contributed by atoms with Crippen LogP contribution < -0.4 is 4.90 Å². The summed E-state index contributed by atoms with van der Waals surface area (Å²) in [6, 6.07) is 144. The predicted molar refractivity (Wildman–Crippen MR) is 532 cm³/mol. The molecule has 0 bridgehead atoms. The van der Waals surface area contributed by atoms with Crippen molar-refractivity contribution in [1.29, 1.82) is 0 Å². The summed E-state index contributed by atoms with van der Waals surface area (Å²) in [7, 11) is 0. The summed E-state index contributed by atoms with van der Waals surface area (Å²) < 4.78 is 14.5. The first kappa shape index (κ1) is 101. The van der Waals surface area contributed by atoms with Gasteiger partial charge in [-0.15, -0.1) is 191 Å². The fourth-order valence-corrected chi connectivity index (χ4v) is 17.5. The van der Waals surface area contributed by atoms with Gasteiger partial charge in [0.25, 0.3) is 0 Å². The molecule has 0 atom stereocenters. The van der Waals surface area contributed by atoms with Crippen LogP contribution in [-0.4, -0.2) is 48.1 Å². The minimum absolute atomic E-state index is 0. The molecule has 677 valence electrons. The Hall–Kier alpha value is -12.8.